The maximum absolute atomic E-state index is 14.3. The fourth-order valence-corrected chi connectivity index (χ4v) is 6.64. The molecule has 0 aromatic heterocycles. The average molecular weight is 526 g/mol. The molecule has 3 fully saturated rings. The Morgan fingerprint density at radius 3 is 2.24 bits per heavy atom. The summed E-state index contributed by atoms with van der Waals surface area (Å²) in [7, 11) is 0. The standard InChI is InChI=1S/C28H32F5NO3/c29-26(30)25-23-13-16(11-12-34-20-6-7-21(34)15-18(14-20)27(35)36)1-2-17(23)3-10-24(25)37-22-8-4-19(5-9-22)28(31,32)33/h1-3,10,13,18-22,26H,4-9,11-12,14-15H2,(H,35,36)/t18?,19-,20?,21?,22+. The molecule has 2 saturated heterocycles. The Bertz CT molecular complexity index is 1110. The van der Waals surface area contributed by atoms with Gasteiger partial charge in [0, 0.05) is 18.6 Å². The number of piperidine rings is 1. The third-order valence-corrected chi connectivity index (χ3v) is 8.63. The molecule has 2 atom stereocenters. The van der Waals surface area contributed by atoms with Gasteiger partial charge in [0.05, 0.1) is 23.5 Å². The van der Waals surface area contributed by atoms with Crippen LogP contribution in [0.1, 0.15) is 68.9 Å². The van der Waals surface area contributed by atoms with Crippen LogP contribution in [0.25, 0.3) is 10.8 Å². The van der Waals surface area contributed by atoms with Crippen molar-refractivity contribution in [2.45, 2.75) is 88.6 Å². The quantitative estimate of drug-likeness (QED) is 0.390. The first kappa shape index (κ1) is 26.2. The summed E-state index contributed by atoms with van der Waals surface area (Å²) in [6.45, 7) is 0.746. The molecule has 9 heteroatoms. The van der Waals surface area contributed by atoms with Gasteiger partial charge in [-0.15, -0.1) is 0 Å². The molecule has 2 unspecified atom stereocenters. The van der Waals surface area contributed by atoms with Gasteiger partial charge in [-0.05, 0) is 80.2 Å². The number of hydrogen-bond acceptors (Lipinski definition) is 3. The van der Waals surface area contributed by atoms with E-state index >= 15 is 0 Å². The summed E-state index contributed by atoms with van der Waals surface area (Å²) in [4.78, 5) is 13.8. The Hall–Kier alpha value is -2.42. The van der Waals surface area contributed by atoms with Crippen molar-refractivity contribution in [2.24, 2.45) is 11.8 Å². The number of hydrogen-bond donors (Lipinski definition) is 1. The summed E-state index contributed by atoms with van der Waals surface area (Å²) in [5, 5.41) is 10.5. The van der Waals surface area contributed by atoms with E-state index in [1.165, 1.54) is 6.07 Å². The minimum absolute atomic E-state index is 0.0453. The molecule has 2 aromatic rings. The SMILES string of the molecule is O=C(O)C1CC2CCC(C1)N2CCc1ccc2ccc(O[C@H]3CC[C@@H](C(F)(F)F)CC3)c(C(F)F)c2c1. The van der Waals surface area contributed by atoms with E-state index in [1.807, 2.05) is 12.1 Å². The predicted octanol–water partition coefficient (Wildman–Crippen LogP) is 7.15. The van der Waals surface area contributed by atoms with E-state index in [4.69, 9.17) is 4.74 Å². The van der Waals surface area contributed by atoms with Gasteiger partial charge in [0.1, 0.15) is 5.75 Å². The molecule has 0 spiro atoms. The Labute approximate surface area is 212 Å². The topological polar surface area (TPSA) is 49.8 Å². The Morgan fingerprint density at radius 1 is 1.00 bits per heavy atom. The van der Waals surface area contributed by atoms with Crippen molar-refractivity contribution < 1.29 is 36.6 Å². The number of carboxylic acids is 1. The highest BCUT2D eigenvalue weighted by Gasteiger charge is 2.43. The summed E-state index contributed by atoms with van der Waals surface area (Å²) >= 11 is 0. The minimum Gasteiger partial charge on any atom is -0.490 e. The van der Waals surface area contributed by atoms with Crippen LogP contribution in [0.3, 0.4) is 0 Å². The number of alkyl halides is 5. The molecular formula is C28H32F5NO3. The highest BCUT2D eigenvalue weighted by Crippen LogP contribution is 2.42. The van der Waals surface area contributed by atoms with Crippen molar-refractivity contribution in [1.82, 2.24) is 4.90 Å². The van der Waals surface area contributed by atoms with Crippen LogP contribution >= 0.6 is 0 Å². The Balaban J connectivity index is 1.30. The molecule has 202 valence electrons. The van der Waals surface area contributed by atoms with Crippen LogP contribution in [0.5, 0.6) is 5.75 Å². The molecule has 5 rings (SSSR count). The summed E-state index contributed by atoms with van der Waals surface area (Å²) in [6, 6.07) is 9.26. The molecule has 0 radical (unpaired) electrons. The van der Waals surface area contributed by atoms with E-state index < -0.39 is 30.6 Å². The lowest BCUT2D eigenvalue weighted by Gasteiger charge is -2.37. The first-order valence-electron chi connectivity index (χ1n) is 13.2. The molecule has 2 aromatic carbocycles. The summed E-state index contributed by atoms with van der Waals surface area (Å²) < 4.78 is 73.4. The highest BCUT2D eigenvalue weighted by molar-refractivity contribution is 5.88. The molecule has 4 nitrogen and oxygen atoms in total. The number of carbonyl (C=O) groups is 1. The van der Waals surface area contributed by atoms with Gasteiger partial charge in [0.2, 0.25) is 0 Å². The number of ether oxygens (including phenoxy) is 1. The molecular weight excluding hydrogens is 493 g/mol. The second-order valence-corrected chi connectivity index (χ2v) is 10.8. The predicted molar refractivity (Wildman–Crippen MR) is 129 cm³/mol. The number of benzene rings is 2. The average Bonchev–Trinajstić information content (AvgIpc) is 3.08. The number of aliphatic carboxylic acids is 1. The summed E-state index contributed by atoms with van der Waals surface area (Å²) in [5.41, 5.74) is 0.705. The zero-order valence-electron chi connectivity index (χ0n) is 20.5. The van der Waals surface area contributed by atoms with E-state index in [2.05, 4.69) is 4.90 Å². The van der Waals surface area contributed by atoms with E-state index in [0.717, 1.165) is 24.9 Å². The van der Waals surface area contributed by atoms with Crippen LogP contribution in [0.4, 0.5) is 22.0 Å². The van der Waals surface area contributed by atoms with Crippen LogP contribution < -0.4 is 4.74 Å². The first-order valence-corrected chi connectivity index (χ1v) is 13.2. The van der Waals surface area contributed by atoms with Gasteiger partial charge in [0.15, 0.2) is 0 Å². The second-order valence-electron chi connectivity index (χ2n) is 10.8. The second kappa shape index (κ2) is 10.4. The fraction of sp³-hybridized carbons (Fsp3) is 0.607. The van der Waals surface area contributed by atoms with Gasteiger partial charge in [-0.1, -0.05) is 24.3 Å². The Morgan fingerprint density at radius 2 is 1.65 bits per heavy atom. The third-order valence-electron chi connectivity index (χ3n) is 8.63. The lowest BCUT2D eigenvalue weighted by atomic mass is 9.87. The third kappa shape index (κ3) is 5.56. The molecule has 1 N–H and O–H groups in total. The highest BCUT2D eigenvalue weighted by atomic mass is 19.4. The van der Waals surface area contributed by atoms with E-state index in [-0.39, 0.29) is 55.0 Å². The lowest BCUT2D eigenvalue weighted by Crippen LogP contribution is -2.45. The largest absolute Gasteiger partial charge is 0.490 e. The summed E-state index contributed by atoms with van der Waals surface area (Å²) in [6.07, 6.45) is -3.30. The smallest absolute Gasteiger partial charge is 0.391 e. The van der Waals surface area contributed by atoms with Crippen molar-refractivity contribution in [3.8, 4) is 5.75 Å². The van der Waals surface area contributed by atoms with Crippen LogP contribution in [0, 0.1) is 11.8 Å². The number of fused-ring (bicyclic) bond motifs is 3. The van der Waals surface area contributed by atoms with Gasteiger partial charge < -0.3 is 9.84 Å². The van der Waals surface area contributed by atoms with Gasteiger partial charge in [0.25, 0.3) is 6.43 Å². The van der Waals surface area contributed by atoms with Gasteiger partial charge >= 0.3 is 12.1 Å². The molecule has 3 aliphatic rings. The number of nitrogens with zero attached hydrogens (tertiary/aromatic N) is 1. The van der Waals surface area contributed by atoms with Crippen LogP contribution in [0.2, 0.25) is 0 Å². The van der Waals surface area contributed by atoms with Crippen LogP contribution in [-0.4, -0.2) is 46.9 Å². The molecule has 2 heterocycles. The molecule has 2 bridgehead atoms. The fourth-order valence-electron chi connectivity index (χ4n) is 6.64. The van der Waals surface area contributed by atoms with E-state index in [1.54, 1.807) is 12.1 Å². The lowest BCUT2D eigenvalue weighted by molar-refractivity contribution is -0.185. The Kier molecular flexibility index (Phi) is 7.35. The monoisotopic (exact) mass is 525 g/mol. The molecule has 0 amide bonds. The van der Waals surface area contributed by atoms with E-state index in [0.29, 0.717) is 30.0 Å². The minimum atomic E-state index is -4.23. The molecule has 1 saturated carbocycles. The summed E-state index contributed by atoms with van der Waals surface area (Å²) in [5.74, 6) is -2.32. The van der Waals surface area contributed by atoms with Gasteiger partial charge in [-0.2, -0.15) is 13.2 Å². The van der Waals surface area contributed by atoms with Gasteiger partial charge in [-0.25, -0.2) is 8.78 Å². The van der Waals surface area contributed by atoms with Crippen LogP contribution in [0.15, 0.2) is 30.3 Å². The number of carboxylic acid groups (broad SMARTS) is 1. The molecule has 37 heavy (non-hydrogen) atoms. The molecule has 1 aliphatic carbocycles. The normalized spacial score (nSPS) is 28.6. The van der Waals surface area contributed by atoms with Crippen molar-refractivity contribution in [3.63, 3.8) is 0 Å². The van der Waals surface area contributed by atoms with Crippen molar-refractivity contribution in [2.75, 3.05) is 6.54 Å². The van der Waals surface area contributed by atoms with Crippen molar-refractivity contribution >= 4 is 16.7 Å². The van der Waals surface area contributed by atoms with Crippen molar-refractivity contribution in [3.05, 3.63) is 41.5 Å². The number of rotatable bonds is 7. The molecule has 2 aliphatic heterocycles. The maximum Gasteiger partial charge on any atom is 0.391 e. The van der Waals surface area contributed by atoms with E-state index in [9.17, 15) is 31.9 Å². The van der Waals surface area contributed by atoms with Gasteiger partial charge in [-0.3, -0.25) is 9.69 Å². The van der Waals surface area contributed by atoms with Crippen molar-refractivity contribution in [1.29, 1.82) is 0 Å². The first-order chi connectivity index (χ1) is 17.6. The zero-order valence-corrected chi connectivity index (χ0v) is 20.5. The number of halogens is 5. The maximum atomic E-state index is 14.3. The zero-order chi connectivity index (χ0) is 26.3. The van der Waals surface area contributed by atoms with Crippen LogP contribution in [-0.2, 0) is 11.2 Å².